The molecule has 0 radical (unpaired) electrons. The SMILES string of the molecule is C=C(C)C(=O)OC1CCC2OC2C1.C=CC(=O)C(=O)OC1CCC2OC2C1.C=CC(=O)OCCCCOCC1CO1.CCC(=O)OC1CCC2OC2C1. The normalized spacial score (nSPS) is 31.7. The summed E-state index contributed by atoms with van der Waals surface area (Å²) in [4.78, 5) is 54.6. The molecular weight excluding hydrogens is 692 g/mol. The monoisotopic (exact) mass is 748 g/mol. The molecule has 4 aliphatic heterocycles. The molecule has 3 aliphatic carbocycles. The van der Waals surface area contributed by atoms with E-state index in [1.165, 1.54) is 6.08 Å². The van der Waals surface area contributed by atoms with E-state index < -0.39 is 11.8 Å². The molecule has 7 aliphatic rings. The van der Waals surface area contributed by atoms with E-state index in [4.69, 9.17) is 42.6 Å². The van der Waals surface area contributed by atoms with Gasteiger partial charge in [0.1, 0.15) is 24.4 Å². The molecule has 53 heavy (non-hydrogen) atoms. The lowest BCUT2D eigenvalue weighted by Gasteiger charge is -2.19. The van der Waals surface area contributed by atoms with Gasteiger partial charge in [0.25, 0.3) is 5.78 Å². The first-order valence-electron chi connectivity index (χ1n) is 18.9. The predicted octanol–water partition coefficient (Wildman–Crippen LogP) is 4.20. The first kappa shape index (κ1) is 42.3. The van der Waals surface area contributed by atoms with Crippen molar-refractivity contribution in [3.05, 3.63) is 37.5 Å². The summed E-state index contributed by atoms with van der Waals surface area (Å²) in [5, 5.41) is 0. The van der Waals surface area contributed by atoms with Crippen molar-refractivity contribution in [1.29, 1.82) is 0 Å². The summed E-state index contributed by atoms with van der Waals surface area (Å²) in [7, 11) is 0. The van der Waals surface area contributed by atoms with E-state index in [-0.39, 0.29) is 42.3 Å². The molecule has 0 aromatic carbocycles. The van der Waals surface area contributed by atoms with Crippen LogP contribution in [0.2, 0.25) is 0 Å². The number of rotatable bonds is 15. The highest BCUT2D eigenvalue weighted by molar-refractivity contribution is 6.38. The van der Waals surface area contributed by atoms with Gasteiger partial charge in [-0.05, 0) is 64.4 Å². The highest BCUT2D eigenvalue weighted by Gasteiger charge is 2.46. The van der Waals surface area contributed by atoms with Crippen LogP contribution < -0.4 is 0 Å². The quantitative estimate of drug-likeness (QED) is 0.0580. The molecule has 4 heterocycles. The number of carbonyl (C=O) groups excluding carboxylic acids is 5. The second-order valence-electron chi connectivity index (χ2n) is 14.1. The number of epoxide rings is 4. The highest BCUT2D eigenvalue weighted by Crippen LogP contribution is 2.39. The Bertz CT molecular complexity index is 1290. The molecule has 0 aromatic heterocycles. The number of unbranched alkanes of at least 4 members (excludes halogenated alkanes) is 1. The Morgan fingerprint density at radius 1 is 0.679 bits per heavy atom. The summed E-state index contributed by atoms with van der Waals surface area (Å²) in [6.45, 7) is 16.2. The lowest BCUT2D eigenvalue weighted by molar-refractivity contribution is -0.156. The molecule has 0 spiro atoms. The van der Waals surface area contributed by atoms with E-state index in [9.17, 15) is 24.0 Å². The van der Waals surface area contributed by atoms with Crippen molar-refractivity contribution >= 4 is 29.7 Å². The highest BCUT2D eigenvalue weighted by atomic mass is 16.6. The van der Waals surface area contributed by atoms with E-state index in [2.05, 4.69) is 19.7 Å². The molecule has 10 unspecified atom stereocenters. The van der Waals surface area contributed by atoms with Gasteiger partial charge in [-0.2, -0.15) is 0 Å². The Kier molecular flexibility index (Phi) is 17.1. The van der Waals surface area contributed by atoms with E-state index in [0.29, 0.717) is 68.4 Å². The van der Waals surface area contributed by atoms with E-state index in [1.807, 2.05) is 6.92 Å². The van der Waals surface area contributed by atoms with Gasteiger partial charge in [0.15, 0.2) is 0 Å². The maximum absolute atomic E-state index is 11.2. The third-order valence-corrected chi connectivity index (χ3v) is 9.54. The summed E-state index contributed by atoms with van der Waals surface area (Å²) in [5.41, 5.74) is 0.471. The zero-order valence-electron chi connectivity index (χ0n) is 31.1. The van der Waals surface area contributed by atoms with Gasteiger partial charge in [-0.15, -0.1) is 0 Å². The summed E-state index contributed by atoms with van der Waals surface area (Å²) >= 11 is 0. The smallest absolute Gasteiger partial charge is 0.379 e. The summed E-state index contributed by atoms with van der Waals surface area (Å²) in [6.07, 6.45) is 15.2. The Hall–Kier alpha value is -3.43. The number of ether oxygens (including phenoxy) is 9. The van der Waals surface area contributed by atoms with Gasteiger partial charge in [-0.1, -0.05) is 26.7 Å². The van der Waals surface area contributed by atoms with Gasteiger partial charge in [-0.3, -0.25) is 9.59 Å². The summed E-state index contributed by atoms with van der Waals surface area (Å²) in [5.74, 6) is -2.20. The van der Waals surface area contributed by atoms with E-state index >= 15 is 0 Å². The van der Waals surface area contributed by atoms with Crippen molar-refractivity contribution in [3.63, 3.8) is 0 Å². The molecule has 7 rings (SSSR count). The second kappa shape index (κ2) is 21.5. The lowest BCUT2D eigenvalue weighted by atomic mass is 9.98. The van der Waals surface area contributed by atoms with Crippen molar-refractivity contribution in [2.75, 3.05) is 26.4 Å². The maximum Gasteiger partial charge on any atom is 0.379 e. The van der Waals surface area contributed by atoms with Gasteiger partial charge in [0.05, 0.1) is 56.4 Å². The molecule has 0 amide bonds. The standard InChI is InChI=1S/C10H12O4.C10H16O4.C10H14O3.C9H14O3/c1-2-7(11)10(12)13-6-3-4-8-9(5-6)14-8;1-2-10(11)13-6-4-3-5-12-7-9-8-14-9;1-6(2)10(11)12-7-3-4-8-9(5-7)13-8;1-2-9(10)11-6-3-4-7-8(5-6)12-7/h2,6,8-9H,1,3-5H2;2,9H,1,3-8H2;7-9H,1,3-5H2,2H3;6-8H,2-5H2,1H3. The van der Waals surface area contributed by atoms with Crippen molar-refractivity contribution < 1.29 is 66.6 Å². The number of ketones is 1. The third kappa shape index (κ3) is 16.2. The van der Waals surface area contributed by atoms with Gasteiger partial charge in [-0.25, -0.2) is 14.4 Å². The molecule has 0 bridgehead atoms. The predicted molar refractivity (Wildman–Crippen MR) is 188 cm³/mol. The van der Waals surface area contributed by atoms with Crippen LogP contribution in [0.4, 0.5) is 0 Å². The molecule has 3 saturated carbocycles. The molecule has 296 valence electrons. The summed E-state index contributed by atoms with van der Waals surface area (Å²) < 4.78 is 46.5. The second-order valence-corrected chi connectivity index (χ2v) is 14.1. The Balaban J connectivity index is 0.000000158. The number of hydrogen-bond acceptors (Lipinski definition) is 14. The van der Waals surface area contributed by atoms with Gasteiger partial charge in [0.2, 0.25) is 0 Å². The van der Waals surface area contributed by atoms with Crippen LogP contribution >= 0.6 is 0 Å². The molecule has 0 aromatic rings. The number of carbonyl (C=O) groups is 5. The zero-order valence-corrected chi connectivity index (χ0v) is 31.1. The van der Waals surface area contributed by atoms with Crippen LogP contribution in [0, 0.1) is 0 Å². The topological polar surface area (TPSA) is 182 Å². The van der Waals surface area contributed by atoms with Crippen LogP contribution in [0.3, 0.4) is 0 Å². The van der Waals surface area contributed by atoms with Crippen molar-refractivity contribution in [1.82, 2.24) is 0 Å². The Morgan fingerprint density at radius 2 is 1.17 bits per heavy atom. The van der Waals surface area contributed by atoms with Crippen molar-refractivity contribution in [2.24, 2.45) is 0 Å². The summed E-state index contributed by atoms with van der Waals surface area (Å²) in [6, 6.07) is 0. The molecular formula is C39H56O14. The number of fused-ring (bicyclic) bond motifs is 3. The molecule has 0 N–H and O–H groups in total. The fourth-order valence-corrected chi connectivity index (χ4v) is 6.15. The average Bonchev–Trinajstić information content (AvgIpc) is 3.95. The van der Waals surface area contributed by atoms with Crippen molar-refractivity contribution in [2.45, 2.75) is 152 Å². The zero-order chi connectivity index (χ0) is 38.3. The van der Waals surface area contributed by atoms with Crippen molar-refractivity contribution in [3.8, 4) is 0 Å². The fourth-order valence-electron chi connectivity index (χ4n) is 6.15. The molecule has 14 heteroatoms. The first-order valence-corrected chi connectivity index (χ1v) is 18.9. The number of esters is 4. The molecule has 4 saturated heterocycles. The van der Waals surface area contributed by atoms with Crippen LogP contribution in [0.5, 0.6) is 0 Å². The van der Waals surface area contributed by atoms with Gasteiger partial charge >= 0.3 is 23.9 Å². The molecule has 14 nitrogen and oxygen atoms in total. The minimum Gasteiger partial charge on any atom is -0.463 e. The fraction of sp³-hybridized carbons (Fsp3) is 0.718. The maximum atomic E-state index is 11.2. The van der Waals surface area contributed by atoms with E-state index in [1.54, 1.807) is 6.92 Å². The van der Waals surface area contributed by atoms with E-state index in [0.717, 1.165) is 83.3 Å². The van der Waals surface area contributed by atoms with Crippen LogP contribution in [-0.4, -0.2) is 117 Å². The van der Waals surface area contributed by atoms with Crippen LogP contribution in [0.25, 0.3) is 0 Å². The minimum atomic E-state index is -0.802. The van der Waals surface area contributed by atoms with Gasteiger partial charge < -0.3 is 42.6 Å². The van der Waals surface area contributed by atoms with Crippen LogP contribution in [0.15, 0.2) is 37.5 Å². The van der Waals surface area contributed by atoms with Crippen LogP contribution in [0.1, 0.15) is 90.9 Å². The Labute approximate surface area is 311 Å². The number of hydrogen-bond donors (Lipinski definition) is 0. The minimum absolute atomic E-state index is 0.0490. The van der Waals surface area contributed by atoms with Gasteiger partial charge in [0, 0.05) is 43.9 Å². The average molecular weight is 749 g/mol. The molecule has 7 fully saturated rings. The lowest BCUT2D eigenvalue weighted by Crippen LogP contribution is -2.27. The van der Waals surface area contributed by atoms with Crippen LogP contribution in [-0.2, 0) is 66.6 Å². The largest absolute Gasteiger partial charge is 0.463 e. The Morgan fingerprint density at radius 3 is 1.60 bits per heavy atom. The first-order chi connectivity index (χ1) is 25.5. The third-order valence-electron chi connectivity index (χ3n) is 9.54. The molecule has 10 atom stereocenters.